The van der Waals surface area contributed by atoms with Gasteiger partial charge in [0.2, 0.25) is 5.91 Å². The molecule has 4 rings (SSSR count). The minimum absolute atomic E-state index is 0.0208. The Kier molecular flexibility index (Phi) is 8.09. The van der Waals surface area contributed by atoms with E-state index in [1.807, 2.05) is 0 Å². The van der Waals surface area contributed by atoms with E-state index in [0.717, 1.165) is 31.5 Å². The number of hydrogen-bond acceptors (Lipinski definition) is 3. The molecule has 1 saturated carbocycles. The van der Waals surface area contributed by atoms with Gasteiger partial charge in [0.1, 0.15) is 5.82 Å². The highest BCUT2D eigenvalue weighted by atomic mass is 19.4. The highest BCUT2D eigenvalue weighted by molar-refractivity contribution is 5.83. The van der Waals surface area contributed by atoms with Crippen molar-refractivity contribution in [3.63, 3.8) is 0 Å². The van der Waals surface area contributed by atoms with Gasteiger partial charge in [-0.1, -0.05) is 12.1 Å². The van der Waals surface area contributed by atoms with E-state index in [9.17, 15) is 40.6 Å². The molecule has 2 aromatic carbocycles. The summed E-state index contributed by atoms with van der Waals surface area (Å²) in [7, 11) is 0. The van der Waals surface area contributed by atoms with E-state index >= 15 is 0 Å². The summed E-state index contributed by atoms with van der Waals surface area (Å²) in [6.45, 7) is 0.527. The van der Waals surface area contributed by atoms with Crippen molar-refractivity contribution in [2.75, 3.05) is 19.7 Å². The van der Waals surface area contributed by atoms with Gasteiger partial charge in [-0.2, -0.15) is 26.3 Å². The Balaban J connectivity index is 1.38. The molecule has 0 spiro atoms. The fourth-order valence-corrected chi connectivity index (χ4v) is 5.66. The van der Waals surface area contributed by atoms with Crippen molar-refractivity contribution in [2.45, 2.75) is 63.0 Å². The van der Waals surface area contributed by atoms with Crippen LogP contribution in [-0.4, -0.2) is 41.7 Å². The molecule has 0 radical (unpaired) electrons. The number of nitrogens with one attached hydrogen (secondary N) is 1. The highest BCUT2D eigenvalue weighted by Gasteiger charge is 2.47. The zero-order valence-electron chi connectivity index (χ0n) is 20.5. The van der Waals surface area contributed by atoms with Gasteiger partial charge in [-0.25, -0.2) is 4.39 Å². The van der Waals surface area contributed by atoms with Crippen molar-refractivity contribution in [3.8, 4) is 0 Å². The van der Waals surface area contributed by atoms with E-state index in [1.54, 1.807) is 12.1 Å². The van der Waals surface area contributed by atoms with Crippen LogP contribution in [0.15, 0.2) is 42.5 Å². The van der Waals surface area contributed by atoms with Crippen LogP contribution in [0.1, 0.15) is 60.3 Å². The van der Waals surface area contributed by atoms with Crippen LogP contribution in [0, 0.1) is 11.2 Å². The summed E-state index contributed by atoms with van der Waals surface area (Å²) in [6, 6.07) is 7.69. The number of piperidine rings is 1. The van der Waals surface area contributed by atoms with E-state index < -0.39 is 48.0 Å². The molecule has 1 aliphatic heterocycles. The Hall–Kier alpha value is -2.66. The average Bonchev–Trinajstić information content (AvgIpc) is 3.33. The van der Waals surface area contributed by atoms with Gasteiger partial charge in [0.05, 0.1) is 23.1 Å². The highest BCUT2D eigenvalue weighted by Crippen LogP contribution is 2.42. The molecule has 1 aliphatic carbocycles. The van der Waals surface area contributed by atoms with Crippen molar-refractivity contribution in [2.24, 2.45) is 5.41 Å². The maximum absolute atomic E-state index is 13.2. The summed E-state index contributed by atoms with van der Waals surface area (Å²) in [6.07, 6.45) is -6.91. The number of nitrogens with zero attached hydrogens (tertiary/aromatic N) is 1. The van der Waals surface area contributed by atoms with Crippen molar-refractivity contribution < 1.29 is 40.6 Å². The third-order valence-electron chi connectivity index (χ3n) is 7.85. The summed E-state index contributed by atoms with van der Waals surface area (Å²) in [5.74, 6) is -0.576. The number of alkyl halides is 6. The first-order valence-corrected chi connectivity index (χ1v) is 12.5. The van der Waals surface area contributed by atoms with Crippen LogP contribution in [0.25, 0.3) is 0 Å². The molecule has 2 N–H and O–H groups in total. The molecule has 11 heteroatoms. The predicted molar refractivity (Wildman–Crippen MR) is 125 cm³/mol. The third-order valence-corrected chi connectivity index (χ3v) is 7.85. The van der Waals surface area contributed by atoms with Gasteiger partial charge in [-0.05, 0) is 92.6 Å². The van der Waals surface area contributed by atoms with Crippen LogP contribution in [0.4, 0.5) is 30.7 Å². The second-order valence-electron chi connectivity index (χ2n) is 10.3. The number of benzene rings is 2. The van der Waals surface area contributed by atoms with E-state index in [4.69, 9.17) is 0 Å². The maximum atomic E-state index is 13.2. The second-order valence-corrected chi connectivity index (χ2v) is 10.3. The lowest BCUT2D eigenvalue weighted by atomic mass is 9.85. The Bertz CT molecular complexity index is 1090. The molecule has 1 heterocycles. The van der Waals surface area contributed by atoms with Crippen molar-refractivity contribution in [1.82, 2.24) is 10.2 Å². The molecule has 4 nitrogen and oxygen atoms in total. The van der Waals surface area contributed by atoms with Crippen LogP contribution in [0.2, 0.25) is 0 Å². The molecule has 1 amide bonds. The molecular weight excluding hydrogens is 517 g/mol. The monoisotopic (exact) mass is 546 g/mol. The van der Waals surface area contributed by atoms with Crippen LogP contribution < -0.4 is 5.32 Å². The number of likely N-dealkylation sites (tertiary alicyclic amines) is 1. The zero-order valence-corrected chi connectivity index (χ0v) is 20.5. The van der Waals surface area contributed by atoms with Crippen LogP contribution in [-0.2, 0) is 23.7 Å². The largest absolute Gasteiger partial charge is 0.416 e. The molecule has 2 atom stereocenters. The van der Waals surface area contributed by atoms with Gasteiger partial charge in [0, 0.05) is 12.6 Å². The molecule has 2 aromatic rings. The Morgan fingerprint density at radius 1 is 0.947 bits per heavy atom. The summed E-state index contributed by atoms with van der Waals surface area (Å²) >= 11 is 0. The fraction of sp³-hybridized carbons (Fsp3) is 0.519. The topological polar surface area (TPSA) is 52.6 Å². The first-order chi connectivity index (χ1) is 17.8. The number of carbonyl (C=O) groups excluding carboxylic acids is 1. The van der Waals surface area contributed by atoms with Crippen molar-refractivity contribution in [3.05, 3.63) is 70.5 Å². The van der Waals surface area contributed by atoms with Gasteiger partial charge in [-0.3, -0.25) is 4.79 Å². The van der Waals surface area contributed by atoms with Gasteiger partial charge < -0.3 is 15.3 Å². The number of aliphatic hydroxyl groups is 1. The first-order valence-electron chi connectivity index (χ1n) is 12.5. The Labute approximate surface area is 215 Å². The number of aliphatic hydroxyl groups excluding tert-OH is 1. The normalized spacial score (nSPS) is 23.5. The predicted octanol–water partition coefficient (Wildman–Crippen LogP) is 5.89. The minimum Gasteiger partial charge on any atom is -0.395 e. The van der Waals surface area contributed by atoms with E-state index in [-0.39, 0.29) is 23.5 Å². The van der Waals surface area contributed by atoms with Crippen molar-refractivity contribution >= 4 is 5.91 Å². The van der Waals surface area contributed by atoms with E-state index in [0.29, 0.717) is 37.3 Å². The summed E-state index contributed by atoms with van der Waals surface area (Å²) < 4.78 is 92.1. The lowest BCUT2D eigenvalue weighted by Crippen LogP contribution is -2.45. The lowest BCUT2D eigenvalue weighted by molar-refractivity contribution is -0.143. The van der Waals surface area contributed by atoms with Crippen LogP contribution in [0.5, 0.6) is 0 Å². The fourth-order valence-electron chi connectivity index (χ4n) is 5.66. The van der Waals surface area contributed by atoms with Crippen molar-refractivity contribution in [1.29, 1.82) is 0 Å². The molecule has 2 aliphatic rings. The molecule has 1 saturated heterocycles. The van der Waals surface area contributed by atoms with Crippen LogP contribution >= 0.6 is 0 Å². The molecule has 2 fully saturated rings. The quantitative estimate of drug-likeness (QED) is 0.445. The van der Waals surface area contributed by atoms with Gasteiger partial charge in [-0.15, -0.1) is 0 Å². The van der Waals surface area contributed by atoms with E-state index in [1.165, 1.54) is 12.1 Å². The molecule has 0 bridgehead atoms. The van der Waals surface area contributed by atoms with Gasteiger partial charge in [0.25, 0.3) is 0 Å². The number of rotatable bonds is 6. The minimum atomic E-state index is -4.98. The number of amides is 1. The van der Waals surface area contributed by atoms with E-state index in [2.05, 4.69) is 10.2 Å². The summed E-state index contributed by atoms with van der Waals surface area (Å²) in [5.41, 5.74) is -3.31. The molecule has 0 aromatic heterocycles. The number of hydrogen-bond donors (Lipinski definition) is 2. The summed E-state index contributed by atoms with van der Waals surface area (Å²) in [5, 5.41) is 12.6. The first kappa shape index (κ1) is 28.4. The van der Waals surface area contributed by atoms with Crippen LogP contribution in [0.3, 0.4) is 0 Å². The van der Waals surface area contributed by atoms with Gasteiger partial charge >= 0.3 is 12.4 Å². The van der Waals surface area contributed by atoms with Gasteiger partial charge in [0.15, 0.2) is 0 Å². The molecular formula is C27H29F7N2O2. The standard InChI is InChI=1S/C27H29F7N2O2/c28-22-3-1-18(2-4-22)19-6-9-36(10-7-19)23-5-8-25(14-23,16-37)24(38)35-15-17-11-20(26(29,30)31)13-21(12-17)27(32,33)34/h1-4,11-13,19,23,37H,5-10,14-16H2,(H,35,38). The maximum Gasteiger partial charge on any atom is 0.416 e. The number of carbonyl (C=O) groups is 1. The molecule has 2 unspecified atom stereocenters. The second kappa shape index (κ2) is 10.8. The Morgan fingerprint density at radius 3 is 2.05 bits per heavy atom. The zero-order chi connectivity index (χ0) is 27.7. The summed E-state index contributed by atoms with van der Waals surface area (Å²) in [4.78, 5) is 15.3. The number of halogens is 7. The third kappa shape index (κ3) is 6.31. The smallest absolute Gasteiger partial charge is 0.395 e. The average molecular weight is 547 g/mol. The lowest BCUT2D eigenvalue weighted by Gasteiger charge is -2.37. The molecule has 38 heavy (non-hydrogen) atoms. The Morgan fingerprint density at radius 2 is 1.53 bits per heavy atom. The molecule has 208 valence electrons. The SMILES string of the molecule is O=C(NCc1cc(C(F)(F)F)cc(C(F)(F)F)c1)C1(CO)CCC(N2CCC(c3ccc(F)cc3)CC2)C1.